The minimum Gasteiger partial charge on any atom is -0.493 e. The third-order valence-corrected chi connectivity index (χ3v) is 8.75. The second-order valence-corrected chi connectivity index (χ2v) is 11.8. The Morgan fingerprint density at radius 1 is 1.00 bits per heavy atom. The lowest BCUT2D eigenvalue weighted by molar-refractivity contribution is 0.341. The summed E-state index contributed by atoms with van der Waals surface area (Å²) in [5, 5.41) is 13.7. The molecule has 1 fully saturated rings. The van der Waals surface area contributed by atoms with Gasteiger partial charge in [-0.3, -0.25) is 0 Å². The number of ether oxygens (including phenoxy) is 3. The number of hydrogen-bond donors (Lipinski definition) is 1. The first-order valence-corrected chi connectivity index (χ1v) is 15.6. The van der Waals surface area contributed by atoms with Gasteiger partial charge in [0.2, 0.25) is 5.75 Å². The fourth-order valence-corrected chi connectivity index (χ4v) is 5.89. The highest BCUT2D eigenvalue weighted by Gasteiger charge is 2.37. The summed E-state index contributed by atoms with van der Waals surface area (Å²) in [7, 11) is 3.23. The van der Waals surface area contributed by atoms with Crippen LogP contribution in [-0.4, -0.2) is 51.0 Å². The van der Waals surface area contributed by atoms with E-state index in [0.29, 0.717) is 63.6 Å². The number of benzene rings is 3. The van der Waals surface area contributed by atoms with Crippen LogP contribution in [0.5, 0.6) is 23.1 Å². The van der Waals surface area contributed by atoms with Crippen LogP contribution in [0.1, 0.15) is 42.4 Å². The molecule has 0 amide bonds. The molecule has 2 aromatic heterocycles. The molecule has 0 bridgehead atoms. The average Bonchev–Trinajstić information content (AvgIpc) is 3.72. The molecule has 3 aromatic carbocycles. The minimum absolute atomic E-state index is 0.278. The summed E-state index contributed by atoms with van der Waals surface area (Å²) in [6.07, 6.45) is 2.10. The van der Waals surface area contributed by atoms with Gasteiger partial charge in [0.25, 0.3) is 5.88 Å². The topological polar surface area (TPSA) is 96.2 Å². The van der Waals surface area contributed by atoms with E-state index in [9.17, 15) is 0 Å². The maximum Gasteiger partial charge on any atom is 0.254 e. The van der Waals surface area contributed by atoms with Crippen molar-refractivity contribution in [3.63, 3.8) is 0 Å². The largest absolute Gasteiger partial charge is 0.493 e. The molecule has 43 heavy (non-hydrogen) atoms. The van der Waals surface area contributed by atoms with E-state index in [1.54, 1.807) is 30.7 Å². The Kier molecular flexibility index (Phi) is 8.97. The lowest BCUT2D eigenvalue weighted by atomic mass is 10.1. The molecular formula is C32H33ClN6O3S. The highest BCUT2D eigenvalue weighted by atomic mass is 35.5. The van der Waals surface area contributed by atoms with Crippen LogP contribution in [0.25, 0.3) is 11.2 Å². The van der Waals surface area contributed by atoms with Crippen LogP contribution in [0.3, 0.4) is 0 Å². The molecule has 9 nitrogen and oxygen atoms in total. The third kappa shape index (κ3) is 6.56. The van der Waals surface area contributed by atoms with E-state index in [1.165, 1.54) is 5.56 Å². The molecular weight excluding hydrogens is 584 g/mol. The number of nitrogens with zero attached hydrogens (tertiary/aromatic N) is 5. The van der Waals surface area contributed by atoms with E-state index >= 15 is 0 Å². The minimum atomic E-state index is 0.278. The molecule has 1 aliphatic rings. The Morgan fingerprint density at radius 3 is 2.47 bits per heavy atom. The van der Waals surface area contributed by atoms with E-state index in [0.717, 1.165) is 29.7 Å². The normalized spacial score (nSPS) is 15.9. The van der Waals surface area contributed by atoms with Gasteiger partial charge >= 0.3 is 0 Å². The summed E-state index contributed by atoms with van der Waals surface area (Å²) in [5.41, 5.74) is 4.30. The zero-order valence-corrected chi connectivity index (χ0v) is 25.9. The summed E-state index contributed by atoms with van der Waals surface area (Å²) in [6.45, 7) is 3.20. The van der Waals surface area contributed by atoms with E-state index in [2.05, 4.69) is 52.9 Å². The average molecular weight is 617 g/mol. The van der Waals surface area contributed by atoms with Crippen LogP contribution in [0.15, 0.2) is 71.9 Å². The van der Waals surface area contributed by atoms with Gasteiger partial charge in [0.1, 0.15) is 0 Å². The standard InChI is InChI=1S/C32H33ClN6O3S/c1-4-14-43-32-35-30-28(37-38-39(30)19-22-12-8-9-13-24(22)33)31(36-32)42-29-26(40-2)15-20(16-27(29)41-3)18-34-25-17-23(25)21-10-6-5-7-11-21/h5-13,15-16,23,25,34H,4,14,17-19H2,1-3H3/t23-,25+/m0/s1. The van der Waals surface area contributed by atoms with Crippen molar-refractivity contribution in [3.05, 3.63) is 88.4 Å². The van der Waals surface area contributed by atoms with Gasteiger partial charge in [-0.05, 0) is 47.7 Å². The van der Waals surface area contributed by atoms with Crippen molar-refractivity contribution in [2.45, 2.75) is 50.0 Å². The number of rotatable bonds is 13. The lowest BCUT2D eigenvalue weighted by Crippen LogP contribution is -2.17. The van der Waals surface area contributed by atoms with Crippen LogP contribution in [0, 0.1) is 0 Å². The van der Waals surface area contributed by atoms with Gasteiger partial charge in [-0.25, -0.2) is 9.67 Å². The van der Waals surface area contributed by atoms with Crippen molar-refractivity contribution >= 4 is 34.5 Å². The molecule has 1 N–H and O–H groups in total. The summed E-state index contributed by atoms with van der Waals surface area (Å²) in [4.78, 5) is 9.48. The zero-order valence-electron chi connectivity index (χ0n) is 24.3. The first-order valence-electron chi connectivity index (χ1n) is 14.3. The molecule has 0 saturated heterocycles. The van der Waals surface area contributed by atoms with Crippen molar-refractivity contribution in [2.75, 3.05) is 20.0 Å². The SMILES string of the molecule is CCCSc1nc(Oc2c(OC)cc(CN[C@@H]3C[C@H]3c3ccccc3)cc2OC)c2nnn(Cc3ccccc3Cl)c2n1. The number of aromatic nitrogens is 5. The number of halogens is 1. The van der Waals surface area contributed by atoms with E-state index < -0.39 is 0 Å². The summed E-state index contributed by atoms with van der Waals surface area (Å²) in [5.74, 6) is 3.15. The fourth-order valence-electron chi connectivity index (χ4n) is 5.01. The van der Waals surface area contributed by atoms with Crippen molar-refractivity contribution in [1.82, 2.24) is 30.3 Å². The van der Waals surface area contributed by atoms with Crippen molar-refractivity contribution in [2.24, 2.45) is 0 Å². The Labute approximate surface area is 259 Å². The molecule has 1 saturated carbocycles. The molecule has 0 unspecified atom stereocenters. The molecule has 0 aliphatic heterocycles. The Morgan fingerprint density at radius 2 is 1.74 bits per heavy atom. The van der Waals surface area contributed by atoms with Gasteiger partial charge in [0.15, 0.2) is 27.8 Å². The van der Waals surface area contributed by atoms with Gasteiger partial charge in [-0.15, -0.1) is 5.10 Å². The smallest absolute Gasteiger partial charge is 0.254 e. The Balaban J connectivity index is 1.28. The Bertz CT molecular complexity index is 1690. The van der Waals surface area contributed by atoms with Gasteiger partial charge in [-0.2, -0.15) is 4.98 Å². The molecule has 11 heteroatoms. The molecule has 1 aliphatic carbocycles. The monoisotopic (exact) mass is 616 g/mol. The van der Waals surface area contributed by atoms with E-state index in [1.807, 2.05) is 36.4 Å². The van der Waals surface area contributed by atoms with E-state index in [-0.39, 0.29) is 5.88 Å². The predicted octanol–water partition coefficient (Wildman–Crippen LogP) is 6.88. The van der Waals surface area contributed by atoms with Crippen molar-refractivity contribution < 1.29 is 14.2 Å². The molecule has 0 radical (unpaired) electrons. The summed E-state index contributed by atoms with van der Waals surface area (Å²) in [6, 6.07) is 22.6. The first-order chi connectivity index (χ1) is 21.1. The van der Waals surface area contributed by atoms with Gasteiger partial charge in [0, 0.05) is 29.3 Å². The molecule has 222 valence electrons. The maximum atomic E-state index is 6.43. The number of thioether (sulfide) groups is 1. The summed E-state index contributed by atoms with van der Waals surface area (Å²) >= 11 is 7.98. The molecule has 2 heterocycles. The highest BCUT2D eigenvalue weighted by molar-refractivity contribution is 7.99. The number of methoxy groups -OCH3 is 2. The van der Waals surface area contributed by atoms with Gasteiger partial charge in [0.05, 0.1) is 20.8 Å². The first kappa shape index (κ1) is 29.2. The second-order valence-electron chi connectivity index (χ2n) is 10.3. The second kappa shape index (κ2) is 13.2. The number of hydrogen-bond acceptors (Lipinski definition) is 9. The number of nitrogens with one attached hydrogen (secondary N) is 1. The van der Waals surface area contributed by atoms with Crippen LogP contribution >= 0.6 is 23.4 Å². The van der Waals surface area contributed by atoms with Gasteiger partial charge < -0.3 is 19.5 Å². The molecule has 0 spiro atoms. The van der Waals surface area contributed by atoms with Crippen LogP contribution < -0.4 is 19.5 Å². The third-order valence-electron chi connectivity index (χ3n) is 7.33. The fraction of sp³-hybridized carbons (Fsp3) is 0.312. The van der Waals surface area contributed by atoms with Gasteiger partial charge in [-0.1, -0.05) is 84.0 Å². The van der Waals surface area contributed by atoms with Crippen molar-refractivity contribution in [1.29, 1.82) is 0 Å². The maximum absolute atomic E-state index is 6.43. The quantitative estimate of drug-likeness (QED) is 0.112. The van der Waals surface area contributed by atoms with Crippen LogP contribution in [0.2, 0.25) is 5.02 Å². The Hall–Kier alpha value is -3.86. The van der Waals surface area contributed by atoms with Crippen LogP contribution in [-0.2, 0) is 13.1 Å². The predicted molar refractivity (Wildman–Crippen MR) is 169 cm³/mol. The van der Waals surface area contributed by atoms with E-state index in [4.69, 9.17) is 35.8 Å². The summed E-state index contributed by atoms with van der Waals surface area (Å²) < 4.78 is 19.7. The lowest BCUT2D eigenvalue weighted by Gasteiger charge is -2.16. The number of fused-ring (bicyclic) bond motifs is 1. The highest BCUT2D eigenvalue weighted by Crippen LogP contribution is 2.44. The zero-order chi connectivity index (χ0) is 29.8. The molecule has 2 atom stereocenters. The van der Waals surface area contributed by atoms with Crippen LogP contribution in [0.4, 0.5) is 0 Å². The molecule has 5 aromatic rings. The molecule has 6 rings (SSSR count). The van der Waals surface area contributed by atoms with Crippen molar-refractivity contribution in [3.8, 4) is 23.1 Å².